The van der Waals surface area contributed by atoms with Crippen LogP contribution in [0.5, 0.6) is 0 Å². The predicted octanol–water partition coefficient (Wildman–Crippen LogP) is 2.11. The van der Waals surface area contributed by atoms with Gasteiger partial charge in [-0.2, -0.15) is 4.98 Å². The Hall–Kier alpha value is -0.880. The van der Waals surface area contributed by atoms with Crippen LogP contribution in [-0.2, 0) is 0 Å². The fourth-order valence-corrected chi connectivity index (χ4v) is 2.64. The molecule has 0 aromatic carbocycles. The highest BCUT2D eigenvalue weighted by atomic mass is 79.9. The maximum atomic E-state index is 5.68. The molecule has 1 unspecified atom stereocenters. The smallest absolute Gasteiger partial charge is 0.225 e. The van der Waals surface area contributed by atoms with Gasteiger partial charge in [-0.25, -0.2) is 4.98 Å². The maximum Gasteiger partial charge on any atom is 0.225 e. The third kappa shape index (κ3) is 3.81. The van der Waals surface area contributed by atoms with Crippen molar-refractivity contribution >= 4 is 27.7 Å². The summed E-state index contributed by atoms with van der Waals surface area (Å²) < 4.78 is 0.711. The summed E-state index contributed by atoms with van der Waals surface area (Å²) in [5.41, 5.74) is 5.68. The summed E-state index contributed by atoms with van der Waals surface area (Å²) in [7, 11) is 0. The van der Waals surface area contributed by atoms with Gasteiger partial charge in [-0.1, -0.05) is 6.42 Å². The van der Waals surface area contributed by atoms with Crippen LogP contribution in [0.25, 0.3) is 0 Å². The van der Waals surface area contributed by atoms with Crippen LogP contribution in [0.2, 0.25) is 0 Å². The molecule has 1 aliphatic rings. The summed E-state index contributed by atoms with van der Waals surface area (Å²) in [5, 5.41) is 3.25. The van der Waals surface area contributed by atoms with Gasteiger partial charge < -0.3 is 11.1 Å². The van der Waals surface area contributed by atoms with Crippen molar-refractivity contribution in [2.75, 3.05) is 30.7 Å². The number of anilines is 2. The minimum absolute atomic E-state index is 0.477. The predicted molar refractivity (Wildman–Crippen MR) is 77.5 cm³/mol. The minimum atomic E-state index is 0.477. The van der Waals surface area contributed by atoms with Gasteiger partial charge in [-0.3, -0.25) is 4.90 Å². The van der Waals surface area contributed by atoms with Crippen molar-refractivity contribution in [1.82, 2.24) is 14.9 Å². The summed E-state index contributed by atoms with van der Waals surface area (Å²) >= 11 is 3.32. The van der Waals surface area contributed by atoms with E-state index in [1.165, 1.54) is 32.4 Å². The van der Waals surface area contributed by atoms with E-state index in [1.54, 1.807) is 6.07 Å². The lowest BCUT2D eigenvalue weighted by molar-refractivity contribution is 0.180. The Bertz CT molecular complexity index is 372. The molecule has 3 N–H and O–H groups in total. The van der Waals surface area contributed by atoms with Gasteiger partial charge in [0.2, 0.25) is 5.95 Å². The number of rotatable bonds is 4. The summed E-state index contributed by atoms with van der Waals surface area (Å²) in [6.45, 7) is 5.48. The lowest BCUT2D eigenvalue weighted by Crippen LogP contribution is -2.41. The lowest BCUT2D eigenvalue weighted by Gasteiger charge is -2.32. The van der Waals surface area contributed by atoms with Crippen molar-refractivity contribution in [3.8, 4) is 0 Å². The van der Waals surface area contributed by atoms with Crippen LogP contribution in [0, 0.1) is 0 Å². The van der Waals surface area contributed by atoms with E-state index in [2.05, 4.69) is 43.0 Å². The van der Waals surface area contributed by atoms with Crippen LogP contribution in [0.3, 0.4) is 0 Å². The molecule has 0 amide bonds. The maximum absolute atomic E-state index is 5.68. The third-order valence-electron chi connectivity index (χ3n) is 3.28. The van der Waals surface area contributed by atoms with E-state index >= 15 is 0 Å². The quantitative estimate of drug-likeness (QED) is 0.833. The molecule has 5 nitrogen and oxygen atoms in total. The van der Waals surface area contributed by atoms with E-state index in [4.69, 9.17) is 5.73 Å². The molecule has 0 aliphatic carbocycles. The molecule has 0 radical (unpaired) electrons. The van der Waals surface area contributed by atoms with Crippen molar-refractivity contribution < 1.29 is 0 Å². The Balaban J connectivity index is 1.86. The fraction of sp³-hybridized carbons (Fsp3) is 0.667. The molecule has 0 spiro atoms. The summed E-state index contributed by atoms with van der Waals surface area (Å²) in [4.78, 5) is 10.9. The van der Waals surface area contributed by atoms with E-state index < -0.39 is 0 Å². The molecular formula is C12H20BrN5. The standard InChI is InChI=1S/C12H20BrN5/c1-9(18-5-3-2-4-6-18)8-15-12-16-10(13)7-11(14)17-12/h7,9H,2-6,8H2,1H3,(H3,14,15,16,17). The van der Waals surface area contributed by atoms with Crippen LogP contribution in [0.4, 0.5) is 11.8 Å². The van der Waals surface area contributed by atoms with Gasteiger partial charge in [0.05, 0.1) is 0 Å². The number of halogens is 1. The molecule has 0 saturated carbocycles. The zero-order chi connectivity index (χ0) is 13.0. The van der Waals surface area contributed by atoms with E-state index in [9.17, 15) is 0 Å². The molecule has 1 aromatic heterocycles. The van der Waals surface area contributed by atoms with Gasteiger partial charge in [0.25, 0.3) is 0 Å². The molecule has 1 saturated heterocycles. The van der Waals surface area contributed by atoms with E-state index in [1.807, 2.05) is 0 Å². The van der Waals surface area contributed by atoms with Crippen molar-refractivity contribution in [2.24, 2.45) is 0 Å². The number of nitrogens with one attached hydrogen (secondary N) is 1. The molecule has 0 bridgehead atoms. The second-order valence-corrected chi connectivity index (χ2v) is 5.58. The summed E-state index contributed by atoms with van der Waals surface area (Å²) in [6.07, 6.45) is 3.98. The second kappa shape index (κ2) is 6.33. The van der Waals surface area contributed by atoms with Crippen LogP contribution in [-0.4, -0.2) is 40.5 Å². The Morgan fingerprint density at radius 3 is 2.78 bits per heavy atom. The first-order chi connectivity index (χ1) is 8.65. The first-order valence-corrected chi connectivity index (χ1v) is 7.22. The monoisotopic (exact) mass is 313 g/mol. The third-order valence-corrected chi connectivity index (χ3v) is 3.69. The van der Waals surface area contributed by atoms with Crippen LogP contribution < -0.4 is 11.1 Å². The number of nitrogens with two attached hydrogens (primary N) is 1. The molecule has 18 heavy (non-hydrogen) atoms. The molecule has 6 heteroatoms. The Morgan fingerprint density at radius 1 is 1.39 bits per heavy atom. The lowest BCUT2D eigenvalue weighted by atomic mass is 10.1. The molecular weight excluding hydrogens is 294 g/mol. The molecule has 1 aliphatic heterocycles. The van der Waals surface area contributed by atoms with Crippen LogP contribution in [0.1, 0.15) is 26.2 Å². The average molecular weight is 314 g/mol. The van der Waals surface area contributed by atoms with Crippen molar-refractivity contribution in [1.29, 1.82) is 0 Å². The Kier molecular flexibility index (Phi) is 4.77. The summed E-state index contributed by atoms with van der Waals surface area (Å²) in [6, 6.07) is 2.19. The van der Waals surface area contributed by atoms with Gasteiger partial charge in [0.15, 0.2) is 0 Å². The van der Waals surface area contributed by atoms with Gasteiger partial charge in [-0.05, 0) is 48.8 Å². The zero-order valence-corrected chi connectivity index (χ0v) is 12.3. The first-order valence-electron chi connectivity index (χ1n) is 6.43. The van der Waals surface area contributed by atoms with Crippen LogP contribution >= 0.6 is 15.9 Å². The number of hydrogen-bond acceptors (Lipinski definition) is 5. The van der Waals surface area contributed by atoms with E-state index in [0.717, 1.165) is 6.54 Å². The first kappa shape index (κ1) is 13.5. The largest absolute Gasteiger partial charge is 0.383 e. The number of aromatic nitrogens is 2. The number of hydrogen-bond donors (Lipinski definition) is 2. The van der Waals surface area contributed by atoms with Gasteiger partial charge >= 0.3 is 0 Å². The Labute approximate surface area is 116 Å². The highest BCUT2D eigenvalue weighted by Crippen LogP contribution is 2.14. The number of nitrogens with zero attached hydrogens (tertiary/aromatic N) is 3. The van der Waals surface area contributed by atoms with Crippen LogP contribution in [0.15, 0.2) is 10.7 Å². The molecule has 1 atom stereocenters. The highest BCUT2D eigenvalue weighted by molar-refractivity contribution is 9.10. The molecule has 2 heterocycles. The topological polar surface area (TPSA) is 67.1 Å². The number of likely N-dealkylation sites (tertiary alicyclic amines) is 1. The van der Waals surface area contributed by atoms with Crippen molar-refractivity contribution in [2.45, 2.75) is 32.2 Å². The minimum Gasteiger partial charge on any atom is -0.383 e. The highest BCUT2D eigenvalue weighted by Gasteiger charge is 2.16. The molecule has 1 fully saturated rings. The summed E-state index contributed by atoms with van der Waals surface area (Å²) in [5.74, 6) is 1.07. The normalized spacial score (nSPS) is 18.6. The van der Waals surface area contributed by atoms with Gasteiger partial charge in [-0.15, -0.1) is 0 Å². The van der Waals surface area contributed by atoms with Gasteiger partial charge in [0, 0.05) is 18.7 Å². The second-order valence-electron chi connectivity index (χ2n) is 4.77. The van der Waals surface area contributed by atoms with Gasteiger partial charge in [0.1, 0.15) is 10.4 Å². The van der Waals surface area contributed by atoms with E-state index in [-0.39, 0.29) is 0 Å². The number of piperidine rings is 1. The molecule has 2 rings (SSSR count). The average Bonchev–Trinajstić information content (AvgIpc) is 2.36. The zero-order valence-electron chi connectivity index (χ0n) is 10.7. The number of nitrogen functional groups attached to an aromatic ring is 1. The fourth-order valence-electron chi connectivity index (χ4n) is 2.24. The SMILES string of the molecule is CC(CNc1nc(N)cc(Br)n1)N1CCCCC1. The van der Waals surface area contributed by atoms with Crippen molar-refractivity contribution in [3.63, 3.8) is 0 Å². The Morgan fingerprint density at radius 2 is 2.11 bits per heavy atom. The molecule has 100 valence electrons. The van der Waals surface area contributed by atoms with E-state index in [0.29, 0.717) is 22.4 Å². The molecule has 1 aromatic rings. The van der Waals surface area contributed by atoms with Crippen molar-refractivity contribution in [3.05, 3.63) is 10.7 Å².